The highest BCUT2D eigenvalue weighted by Gasteiger charge is 2.34. The number of ether oxygens (including phenoxy) is 2. The van der Waals surface area contributed by atoms with Gasteiger partial charge in [0.25, 0.3) is 0 Å². The van der Waals surface area contributed by atoms with E-state index in [1.807, 2.05) is 0 Å². The standard InChI is InChI=1S/C18H22F2N2O4/c1-25-17(24)11-2-5-14(15(9-11)26-18(19)20)22-16(23)8-10-6-12-3-4-13(7-10)21-12/h2,5,9-10,12-13,18,21H,3-4,6-8H2,1H3,(H,22,23). The smallest absolute Gasteiger partial charge is 0.387 e. The van der Waals surface area contributed by atoms with Gasteiger partial charge in [0.2, 0.25) is 5.91 Å². The summed E-state index contributed by atoms with van der Waals surface area (Å²) < 4.78 is 34.3. The van der Waals surface area contributed by atoms with Crippen molar-refractivity contribution in [3.8, 4) is 5.75 Å². The van der Waals surface area contributed by atoms with Crippen LogP contribution in [0.2, 0.25) is 0 Å². The van der Waals surface area contributed by atoms with Crippen molar-refractivity contribution in [3.63, 3.8) is 0 Å². The number of alkyl halides is 2. The molecule has 2 aliphatic heterocycles. The summed E-state index contributed by atoms with van der Waals surface area (Å²) in [7, 11) is 1.19. The molecule has 8 heteroatoms. The van der Waals surface area contributed by atoms with Gasteiger partial charge in [-0.1, -0.05) is 0 Å². The topological polar surface area (TPSA) is 76.7 Å². The van der Waals surface area contributed by atoms with Gasteiger partial charge in [0.05, 0.1) is 18.4 Å². The first-order chi connectivity index (χ1) is 12.4. The van der Waals surface area contributed by atoms with Gasteiger partial charge in [-0.25, -0.2) is 4.79 Å². The predicted molar refractivity (Wildman–Crippen MR) is 90.3 cm³/mol. The molecule has 0 radical (unpaired) electrons. The highest BCUT2D eigenvalue weighted by Crippen LogP contribution is 2.33. The van der Waals surface area contributed by atoms with Crippen molar-refractivity contribution in [2.75, 3.05) is 12.4 Å². The Labute approximate surface area is 150 Å². The molecule has 0 aliphatic carbocycles. The quantitative estimate of drug-likeness (QED) is 0.755. The molecule has 3 rings (SSSR count). The van der Waals surface area contributed by atoms with E-state index in [-0.39, 0.29) is 28.8 Å². The van der Waals surface area contributed by atoms with Gasteiger partial charge in [-0.05, 0) is 49.8 Å². The molecular formula is C18H22F2N2O4. The Balaban J connectivity index is 1.67. The molecule has 2 bridgehead atoms. The maximum absolute atomic E-state index is 12.7. The van der Waals surface area contributed by atoms with Crippen LogP contribution in [0, 0.1) is 5.92 Å². The van der Waals surface area contributed by atoms with E-state index in [0.717, 1.165) is 31.7 Å². The summed E-state index contributed by atoms with van der Waals surface area (Å²) in [6.07, 6.45) is 4.52. The number of anilines is 1. The first-order valence-corrected chi connectivity index (χ1v) is 8.67. The molecule has 2 saturated heterocycles. The number of fused-ring (bicyclic) bond motifs is 2. The molecule has 0 saturated carbocycles. The molecule has 6 nitrogen and oxygen atoms in total. The lowest BCUT2D eigenvalue weighted by Gasteiger charge is -2.28. The zero-order chi connectivity index (χ0) is 18.7. The Morgan fingerprint density at radius 3 is 2.58 bits per heavy atom. The number of carbonyl (C=O) groups excluding carboxylic acids is 2. The summed E-state index contributed by atoms with van der Waals surface area (Å²) in [6.45, 7) is -3.07. The van der Waals surface area contributed by atoms with Gasteiger partial charge in [0.15, 0.2) is 0 Å². The minimum absolute atomic E-state index is 0.0658. The molecule has 2 N–H and O–H groups in total. The van der Waals surface area contributed by atoms with Crippen LogP contribution in [0.1, 0.15) is 42.5 Å². The highest BCUT2D eigenvalue weighted by molar-refractivity contribution is 5.95. The molecule has 2 heterocycles. The van der Waals surface area contributed by atoms with E-state index in [4.69, 9.17) is 0 Å². The number of esters is 1. The number of amides is 1. The van der Waals surface area contributed by atoms with Crippen molar-refractivity contribution in [1.29, 1.82) is 0 Å². The van der Waals surface area contributed by atoms with E-state index in [1.165, 1.54) is 19.2 Å². The molecule has 1 aromatic rings. The minimum atomic E-state index is -3.07. The number of rotatable bonds is 6. The molecule has 2 aliphatic rings. The summed E-state index contributed by atoms with van der Waals surface area (Å²) in [4.78, 5) is 23.9. The molecule has 2 fully saturated rings. The van der Waals surface area contributed by atoms with Gasteiger partial charge < -0.3 is 20.1 Å². The fourth-order valence-electron chi connectivity index (χ4n) is 3.87. The summed E-state index contributed by atoms with van der Waals surface area (Å²) in [5, 5.41) is 6.15. The Morgan fingerprint density at radius 1 is 1.27 bits per heavy atom. The van der Waals surface area contributed by atoms with Gasteiger partial charge in [-0.3, -0.25) is 4.79 Å². The molecule has 1 amide bonds. The van der Waals surface area contributed by atoms with E-state index in [9.17, 15) is 18.4 Å². The van der Waals surface area contributed by atoms with Crippen LogP contribution in [0.4, 0.5) is 14.5 Å². The largest absolute Gasteiger partial charge is 0.465 e. The summed E-state index contributed by atoms with van der Waals surface area (Å²) >= 11 is 0. The molecule has 2 atom stereocenters. The van der Waals surface area contributed by atoms with Crippen molar-refractivity contribution in [2.24, 2.45) is 5.92 Å². The van der Waals surface area contributed by atoms with Crippen LogP contribution in [0.5, 0.6) is 5.75 Å². The lowest BCUT2D eigenvalue weighted by atomic mass is 9.89. The van der Waals surface area contributed by atoms with Crippen molar-refractivity contribution < 1.29 is 27.8 Å². The summed E-state index contributed by atoms with van der Waals surface area (Å²) in [5.74, 6) is -0.905. The predicted octanol–water partition coefficient (Wildman–Crippen LogP) is 2.93. The third-order valence-electron chi connectivity index (χ3n) is 4.94. The van der Waals surface area contributed by atoms with Crippen LogP contribution in [-0.2, 0) is 9.53 Å². The summed E-state index contributed by atoms with van der Waals surface area (Å²) in [6, 6.07) is 4.85. The number of nitrogens with one attached hydrogen (secondary N) is 2. The third-order valence-corrected chi connectivity index (χ3v) is 4.94. The first-order valence-electron chi connectivity index (χ1n) is 8.67. The molecule has 0 spiro atoms. The second kappa shape index (κ2) is 7.99. The van der Waals surface area contributed by atoms with Gasteiger partial charge in [-0.15, -0.1) is 0 Å². The molecular weight excluding hydrogens is 346 g/mol. The van der Waals surface area contributed by atoms with E-state index >= 15 is 0 Å². The van der Waals surface area contributed by atoms with E-state index in [2.05, 4.69) is 20.1 Å². The van der Waals surface area contributed by atoms with E-state index < -0.39 is 12.6 Å². The maximum atomic E-state index is 12.7. The van der Waals surface area contributed by atoms with Crippen molar-refractivity contribution >= 4 is 17.6 Å². The van der Waals surface area contributed by atoms with Gasteiger partial charge >= 0.3 is 12.6 Å². The van der Waals surface area contributed by atoms with Crippen molar-refractivity contribution in [2.45, 2.75) is 50.8 Å². The Kier molecular flexibility index (Phi) is 5.70. The number of hydrogen-bond acceptors (Lipinski definition) is 5. The highest BCUT2D eigenvalue weighted by atomic mass is 19.3. The number of carbonyl (C=O) groups is 2. The van der Waals surface area contributed by atoms with Crippen molar-refractivity contribution in [1.82, 2.24) is 5.32 Å². The second-order valence-corrected chi connectivity index (χ2v) is 6.81. The average Bonchev–Trinajstić information content (AvgIpc) is 2.93. The molecule has 0 aromatic heterocycles. The fraction of sp³-hybridized carbons (Fsp3) is 0.556. The number of hydrogen-bond donors (Lipinski definition) is 2. The fourth-order valence-corrected chi connectivity index (χ4v) is 3.87. The van der Waals surface area contributed by atoms with Gasteiger partial charge in [0.1, 0.15) is 5.75 Å². The van der Waals surface area contributed by atoms with Crippen LogP contribution in [0.3, 0.4) is 0 Å². The number of piperidine rings is 1. The Bertz CT molecular complexity index is 671. The van der Waals surface area contributed by atoms with Gasteiger partial charge in [-0.2, -0.15) is 8.78 Å². The molecule has 2 unspecified atom stereocenters. The zero-order valence-corrected chi connectivity index (χ0v) is 14.5. The van der Waals surface area contributed by atoms with E-state index in [0.29, 0.717) is 18.5 Å². The number of halogens is 2. The summed E-state index contributed by atoms with van der Waals surface area (Å²) in [5.41, 5.74) is 0.177. The second-order valence-electron chi connectivity index (χ2n) is 6.81. The van der Waals surface area contributed by atoms with Crippen LogP contribution in [0.15, 0.2) is 18.2 Å². The normalized spacial score (nSPS) is 24.4. The number of benzene rings is 1. The molecule has 1 aromatic carbocycles. The lowest BCUT2D eigenvalue weighted by molar-refractivity contribution is -0.117. The Morgan fingerprint density at radius 2 is 1.96 bits per heavy atom. The molecule has 26 heavy (non-hydrogen) atoms. The van der Waals surface area contributed by atoms with Crippen LogP contribution >= 0.6 is 0 Å². The Hall–Kier alpha value is -2.22. The third kappa shape index (κ3) is 4.49. The van der Waals surface area contributed by atoms with Crippen LogP contribution in [-0.4, -0.2) is 37.7 Å². The monoisotopic (exact) mass is 368 g/mol. The van der Waals surface area contributed by atoms with Gasteiger partial charge in [0, 0.05) is 18.5 Å². The first kappa shape index (κ1) is 18.6. The zero-order valence-electron chi connectivity index (χ0n) is 14.5. The minimum Gasteiger partial charge on any atom is -0.465 e. The number of methoxy groups -OCH3 is 1. The van der Waals surface area contributed by atoms with Crippen molar-refractivity contribution in [3.05, 3.63) is 23.8 Å². The van der Waals surface area contributed by atoms with E-state index in [1.54, 1.807) is 0 Å². The van der Waals surface area contributed by atoms with Crippen LogP contribution in [0.25, 0.3) is 0 Å². The molecule has 142 valence electrons. The SMILES string of the molecule is COC(=O)c1ccc(NC(=O)CC2CC3CCC(C2)N3)c(OC(F)F)c1. The maximum Gasteiger partial charge on any atom is 0.387 e. The average molecular weight is 368 g/mol. The van der Waals surface area contributed by atoms with Crippen LogP contribution < -0.4 is 15.4 Å². The lowest BCUT2D eigenvalue weighted by Crippen LogP contribution is -2.39.